The number of hydrogen-bond donors (Lipinski definition) is 1. The third kappa shape index (κ3) is 3.15. The van der Waals surface area contributed by atoms with E-state index in [9.17, 15) is 4.79 Å². The minimum Gasteiger partial charge on any atom is -0.454 e. The first kappa shape index (κ1) is 13.6. The van der Waals surface area contributed by atoms with E-state index >= 15 is 0 Å². The average Bonchev–Trinajstić information content (AvgIpc) is 2.42. The maximum Gasteiger partial charge on any atom is 0.339 e. The van der Waals surface area contributed by atoms with Crippen LogP contribution in [-0.2, 0) is 4.74 Å². The predicted molar refractivity (Wildman–Crippen MR) is 78.8 cm³/mol. The number of hydrogen-bond acceptors (Lipinski definition) is 3. The molecule has 3 nitrogen and oxygen atoms in total. The van der Waals surface area contributed by atoms with Crippen molar-refractivity contribution in [3.8, 4) is 0 Å². The summed E-state index contributed by atoms with van der Waals surface area (Å²) in [5.74, 6) is -0.393. The first-order valence-electron chi connectivity index (χ1n) is 5.89. The summed E-state index contributed by atoms with van der Waals surface area (Å²) in [5.41, 5.74) is 7.65. The van der Waals surface area contributed by atoms with E-state index in [0.29, 0.717) is 15.7 Å². The van der Waals surface area contributed by atoms with Gasteiger partial charge in [-0.1, -0.05) is 36.4 Å². The van der Waals surface area contributed by atoms with Gasteiger partial charge in [-0.2, -0.15) is 0 Å². The molecule has 0 aliphatic heterocycles. The lowest BCUT2D eigenvalue weighted by molar-refractivity contribution is 0.0337. The number of halogens is 1. The van der Waals surface area contributed by atoms with Gasteiger partial charge in [-0.15, -0.1) is 0 Å². The fourth-order valence-electron chi connectivity index (χ4n) is 1.72. The molecule has 98 valence electrons. The number of esters is 1. The summed E-state index contributed by atoms with van der Waals surface area (Å²) in [6, 6.07) is 14.7. The predicted octanol–water partition coefficient (Wildman–Crippen LogP) is 3.95. The van der Waals surface area contributed by atoms with Gasteiger partial charge < -0.3 is 10.5 Å². The highest BCUT2D eigenvalue weighted by molar-refractivity contribution is 9.10. The number of anilines is 1. The molecule has 0 aliphatic rings. The van der Waals surface area contributed by atoms with Crippen molar-refractivity contribution in [3.05, 3.63) is 64.1 Å². The van der Waals surface area contributed by atoms with Crippen LogP contribution >= 0.6 is 15.9 Å². The smallest absolute Gasteiger partial charge is 0.339 e. The van der Waals surface area contributed by atoms with Crippen LogP contribution in [0.3, 0.4) is 0 Å². The number of carbonyl (C=O) groups excluding carboxylic acids is 1. The maximum atomic E-state index is 12.1. The monoisotopic (exact) mass is 319 g/mol. The molecule has 19 heavy (non-hydrogen) atoms. The number of nitrogens with two attached hydrogens (primary N) is 1. The van der Waals surface area contributed by atoms with Crippen molar-refractivity contribution < 1.29 is 9.53 Å². The zero-order valence-corrected chi connectivity index (χ0v) is 12.1. The van der Waals surface area contributed by atoms with Crippen molar-refractivity contribution in [2.45, 2.75) is 13.0 Å². The van der Waals surface area contributed by atoms with Crippen LogP contribution in [0.15, 0.2) is 53.0 Å². The van der Waals surface area contributed by atoms with Gasteiger partial charge in [0.1, 0.15) is 6.10 Å². The molecule has 0 saturated heterocycles. The Hall–Kier alpha value is -1.81. The summed E-state index contributed by atoms with van der Waals surface area (Å²) < 4.78 is 6.00. The summed E-state index contributed by atoms with van der Waals surface area (Å²) in [4.78, 5) is 12.1. The second-order valence-electron chi connectivity index (χ2n) is 4.17. The summed E-state index contributed by atoms with van der Waals surface area (Å²) in [7, 11) is 0. The first-order valence-corrected chi connectivity index (χ1v) is 6.69. The van der Waals surface area contributed by atoms with Crippen LogP contribution in [0.1, 0.15) is 28.9 Å². The molecule has 2 N–H and O–H groups in total. The number of nitrogen functional groups attached to an aromatic ring is 1. The molecule has 0 aliphatic carbocycles. The highest BCUT2D eigenvalue weighted by atomic mass is 79.9. The Morgan fingerprint density at radius 1 is 1.16 bits per heavy atom. The Morgan fingerprint density at radius 3 is 2.53 bits per heavy atom. The summed E-state index contributed by atoms with van der Waals surface area (Å²) in [6.07, 6.45) is -0.304. The van der Waals surface area contributed by atoms with Gasteiger partial charge in [-0.05, 0) is 40.5 Å². The third-order valence-corrected chi connectivity index (χ3v) is 3.69. The molecule has 2 aromatic rings. The van der Waals surface area contributed by atoms with Crippen molar-refractivity contribution in [2.75, 3.05) is 5.73 Å². The molecule has 4 heteroatoms. The van der Waals surface area contributed by atoms with Crippen LogP contribution in [0.5, 0.6) is 0 Å². The van der Waals surface area contributed by atoms with E-state index in [1.165, 1.54) is 0 Å². The fourth-order valence-corrected chi connectivity index (χ4v) is 2.15. The minimum absolute atomic E-state index is 0.304. The second-order valence-corrected chi connectivity index (χ2v) is 4.96. The van der Waals surface area contributed by atoms with Crippen LogP contribution in [0, 0.1) is 0 Å². The Bertz CT molecular complexity index is 584. The average molecular weight is 320 g/mol. The first-order chi connectivity index (χ1) is 9.09. The normalized spacial score (nSPS) is 11.9. The molecule has 1 unspecified atom stereocenters. The number of rotatable bonds is 3. The van der Waals surface area contributed by atoms with Gasteiger partial charge in [0.2, 0.25) is 0 Å². The van der Waals surface area contributed by atoms with E-state index < -0.39 is 5.97 Å². The lowest BCUT2D eigenvalue weighted by Crippen LogP contribution is -2.10. The van der Waals surface area contributed by atoms with Crippen molar-refractivity contribution >= 4 is 27.6 Å². The molecule has 0 aromatic heterocycles. The zero-order chi connectivity index (χ0) is 13.8. The molecule has 0 fully saturated rings. The van der Waals surface area contributed by atoms with E-state index in [2.05, 4.69) is 15.9 Å². The highest BCUT2D eigenvalue weighted by Crippen LogP contribution is 2.26. The van der Waals surface area contributed by atoms with Crippen molar-refractivity contribution in [3.63, 3.8) is 0 Å². The third-order valence-electron chi connectivity index (χ3n) is 2.80. The summed E-state index contributed by atoms with van der Waals surface area (Å²) in [5, 5.41) is 0. The summed E-state index contributed by atoms with van der Waals surface area (Å²) >= 11 is 3.30. The van der Waals surface area contributed by atoms with Gasteiger partial charge in [-0.25, -0.2) is 4.79 Å². The number of benzene rings is 2. The van der Waals surface area contributed by atoms with Gasteiger partial charge in [0.25, 0.3) is 0 Å². The standard InChI is InChI=1S/C15H14BrNO2/c1-10(11-6-3-2-4-7-11)19-15(18)12-8-5-9-13(17)14(12)16/h2-10H,17H2,1H3. The molecule has 0 radical (unpaired) electrons. The second kappa shape index (κ2) is 5.89. The van der Waals surface area contributed by atoms with Crippen molar-refractivity contribution in [1.29, 1.82) is 0 Å². The lowest BCUT2D eigenvalue weighted by Gasteiger charge is -2.14. The molecule has 1 atom stereocenters. The molecule has 0 saturated carbocycles. The molecular formula is C15H14BrNO2. The van der Waals surface area contributed by atoms with Gasteiger partial charge in [0.15, 0.2) is 0 Å². The molecule has 0 amide bonds. The van der Waals surface area contributed by atoms with Crippen LogP contribution in [0.2, 0.25) is 0 Å². The van der Waals surface area contributed by atoms with Crippen LogP contribution in [0.4, 0.5) is 5.69 Å². The maximum absolute atomic E-state index is 12.1. The quantitative estimate of drug-likeness (QED) is 0.688. The molecule has 2 rings (SSSR count). The van der Waals surface area contributed by atoms with E-state index in [4.69, 9.17) is 10.5 Å². The van der Waals surface area contributed by atoms with Gasteiger partial charge >= 0.3 is 5.97 Å². The number of ether oxygens (including phenoxy) is 1. The topological polar surface area (TPSA) is 52.3 Å². The molecule has 0 bridgehead atoms. The van der Waals surface area contributed by atoms with E-state index in [0.717, 1.165) is 5.56 Å². The minimum atomic E-state index is -0.393. The Morgan fingerprint density at radius 2 is 1.84 bits per heavy atom. The zero-order valence-electron chi connectivity index (χ0n) is 10.5. The SMILES string of the molecule is CC(OC(=O)c1cccc(N)c1Br)c1ccccc1. The Labute approximate surface area is 120 Å². The Kier molecular flexibility index (Phi) is 4.22. The van der Waals surface area contributed by atoms with Crippen molar-refractivity contribution in [2.24, 2.45) is 0 Å². The fraction of sp³-hybridized carbons (Fsp3) is 0.133. The summed E-state index contributed by atoms with van der Waals surface area (Å²) in [6.45, 7) is 1.84. The van der Waals surface area contributed by atoms with Gasteiger partial charge in [-0.3, -0.25) is 0 Å². The molecule has 0 spiro atoms. The van der Waals surface area contributed by atoms with Crippen LogP contribution < -0.4 is 5.73 Å². The van der Waals surface area contributed by atoms with E-state index in [-0.39, 0.29) is 6.10 Å². The molecule has 2 aromatic carbocycles. The molecular weight excluding hydrogens is 306 g/mol. The van der Waals surface area contributed by atoms with Crippen molar-refractivity contribution in [1.82, 2.24) is 0 Å². The Balaban J connectivity index is 2.16. The van der Waals surface area contributed by atoms with E-state index in [1.807, 2.05) is 37.3 Å². The van der Waals surface area contributed by atoms with Crippen LogP contribution in [-0.4, -0.2) is 5.97 Å². The molecule has 0 heterocycles. The van der Waals surface area contributed by atoms with Gasteiger partial charge in [0.05, 0.1) is 10.0 Å². The lowest BCUT2D eigenvalue weighted by atomic mass is 10.1. The van der Waals surface area contributed by atoms with Gasteiger partial charge in [0, 0.05) is 5.69 Å². The largest absolute Gasteiger partial charge is 0.454 e. The van der Waals surface area contributed by atoms with E-state index in [1.54, 1.807) is 18.2 Å². The highest BCUT2D eigenvalue weighted by Gasteiger charge is 2.16. The number of carbonyl (C=O) groups is 1. The van der Waals surface area contributed by atoms with Crippen LogP contribution in [0.25, 0.3) is 0 Å².